The molecule has 3 aromatic heterocycles. The summed E-state index contributed by atoms with van der Waals surface area (Å²) in [6.07, 6.45) is 0. The molecular formula is C41H26N4S. The molecule has 9 aromatic rings. The van der Waals surface area contributed by atoms with Crippen LogP contribution in [0.1, 0.15) is 0 Å². The molecule has 0 aliphatic carbocycles. The van der Waals surface area contributed by atoms with Crippen molar-refractivity contribution < 1.29 is 0 Å². The molecule has 5 heteroatoms. The van der Waals surface area contributed by atoms with Crippen LogP contribution in [0.2, 0.25) is 0 Å². The fourth-order valence-corrected chi connectivity index (χ4v) is 7.21. The third-order valence-electron chi connectivity index (χ3n) is 8.44. The molecule has 6 aromatic carbocycles. The Morgan fingerprint density at radius 2 is 1.09 bits per heavy atom. The van der Waals surface area contributed by atoms with Crippen LogP contribution in [-0.4, -0.2) is 19.5 Å². The largest absolute Gasteiger partial charge is 0.309 e. The van der Waals surface area contributed by atoms with Gasteiger partial charge in [-0.1, -0.05) is 115 Å². The maximum Gasteiger partial charge on any atom is 0.160 e. The zero-order valence-corrected chi connectivity index (χ0v) is 25.5. The topological polar surface area (TPSA) is 43.6 Å². The van der Waals surface area contributed by atoms with Crippen LogP contribution in [0.4, 0.5) is 0 Å². The first-order chi connectivity index (χ1) is 22.8. The minimum Gasteiger partial charge on any atom is -0.309 e. The lowest BCUT2D eigenvalue weighted by Gasteiger charge is -2.12. The van der Waals surface area contributed by atoms with Gasteiger partial charge in [-0.05, 0) is 42.5 Å². The molecule has 0 aliphatic heterocycles. The van der Waals surface area contributed by atoms with Gasteiger partial charge in [0.15, 0.2) is 5.82 Å². The number of benzene rings is 6. The van der Waals surface area contributed by atoms with Crippen molar-refractivity contribution in [2.75, 3.05) is 0 Å². The van der Waals surface area contributed by atoms with Crippen molar-refractivity contribution in [1.82, 2.24) is 19.5 Å². The van der Waals surface area contributed by atoms with E-state index in [2.05, 4.69) is 120 Å². The molecule has 0 fully saturated rings. The van der Waals surface area contributed by atoms with E-state index in [1.54, 1.807) is 11.3 Å². The number of rotatable bonds is 5. The first kappa shape index (κ1) is 26.5. The van der Waals surface area contributed by atoms with Crippen molar-refractivity contribution in [1.29, 1.82) is 0 Å². The Hall–Kier alpha value is -5.91. The zero-order chi connectivity index (χ0) is 30.5. The summed E-state index contributed by atoms with van der Waals surface area (Å²) in [5.41, 5.74) is 10.4. The second kappa shape index (κ2) is 10.9. The summed E-state index contributed by atoms with van der Waals surface area (Å²) < 4.78 is 3.54. The molecule has 0 saturated carbocycles. The molecule has 0 atom stereocenters. The lowest BCUT2D eigenvalue weighted by molar-refractivity contribution is 1.16. The lowest BCUT2D eigenvalue weighted by atomic mass is 10.1. The highest BCUT2D eigenvalue weighted by molar-refractivity contribution is 7.21. The molecule has 0 N–H and O–H groups in total. The van der Waals surface area contributed by atoms with Gasteiger partial charge in [-0.3, -0.25) is 0 Å². The van der Waals surface area contributed by atoms with Gasteiger partial charge in [0.05, 0.1) is 32.6 Å². The predicted octanol–water partition coefficient (Wildman–Crippen LogP) is 10.9. The second-order valence-electron chi connectivity index (χ2n) is 11.3. The Kier molecular flexibility index (Phi) is 6.28. The van der Waals surface area contributed by atoms with Gasteiger partial charge in [-0.15, -0.1) is 11.3 Å². The van der Waals surface area contributed by atoms with Gasteiger partial charge >= 0.3 is 0 Å². The van der Waals surface area contributed by atoms with Gasteiger partial charge in [-0.25, -0.2) is 15.0 Å². The minimum absolute atomic E-state index is 0.693. The van der Waals surface area contributed by atoms with Gasteiger partial charge < -0.3 is 4.57 Å². The highest BCUT2D eigenvalue weighted by Crippen LogP contribution is 2.37. The first-order valence-electron chi connectivity index (χ1n) is 15.3. The van der Waals surface area contributed by atoms with Crippen molar-refractivity contribution >= 4 is 43.4 Å². The Balaban J connectivity index is 1.23. The normalized spacial score (nSPS) is 11.5. The second-order valence-corrected chi connectivity index (χ2v) is 12.3. The van der Waals surface area contributed by atoms with Crippen LogP contribution >= 0.6 is 11.3 Å². The smallest absolute Gasteiger partial charge is 0.160 e. The zero-order valence-electron chi connectivity index (χ0n) is 24.7. The van der Waals surface area contributed by atoms with Crippen molar-refractivity contribution in [2.24, 2.45) is 0 Å². The molecule has 216 valence electrons. The quantitative estimate of drug-likeness (QED) is 0.196. The maximum absolute atomic E-state index is 5.09. The van der Waals surface area contributed by atoms with Crippen molar-refractivity contribution in [3.8, 4) is 50.2 Å². The average molecular weight is 607 g/mol. The van der Waals surface area contributed by atoms with Crippen LogP contribution in [0.15, 0.2) is 158 Å². The molecule has 0 amide bonds. The number of hydrogen-bond acceptors (Lipinski definition) is 4. The Labute approximate surface area is 269 Å². The van der Waals surface area contributed by atoms with Gasteiger partial charge in [0.25, 0.3) is 0 Å². The Morgan fingerprint density at radius 1 is 0.435 bits per heavy atom. The third-order valence-corrected chi connectivity index (χ3v) is 9.53. The summed E-state index contributed by atoms with van der Waals surface area (Å²) >= 11 is 1.73. The number of aromatic nitrogens is 4. The van der Waals surface area contributed by atoms with E-state index < -0.39 is 0 Å². The number of thiazole rings is 1. The van der Waals surface area contributed by atoms with Crippen LogP contribution in [0.5, 0.6) is 0 Å². The molecule has 46 heavy (non-hydrogen) atoms. The van der Waals surface area contributed by atoms with Gasteiger partial charge in [0.1, 0.15) is 5.01 Å². The van der Waals surface area contributed by atoms with E-state index in [-0.39, 0.29) is 0 Å². The van der Waals surface area contributed by atoms with Crippen molar-refractivity contribution in [3.63, 3.8) is 0 Å². The summed E-state index contributed by atoms with van der Waals surface area (Å²) in [6.45, 7) is 0. The Morgan fingerprint density at radius 3 is 1.85 bits per heavy atom. The highest BCUT2D eigenvalue weighted by Gasteiger charge is 2.16. The fraction of sp³-hybridized carbons (Fsp3) is 0. The van der Waals surface area contributed by atoms with Gasteiger partial charge in [-0.2, -0.15) is 0 Å². The molecule has 0 spiro atoms. The standard InChI is InChI=1S/C41H26N4S/c1-3-12-27(13-4-1)35-26-36(28-14-5-2-6-15-28)43-40(42-35)29-16-11-17-31(24-29)45-37-20-9-7-18-32(37)33-23-22-30(25-38(33)45)41-44-34-19-8-10-21-39(34)46-41/h1-26H. The van der Waals surface area contributed by atoms with Crippen LogP contribution in [0.25, 0.3) is 82.2 Å². The summed E-state index contributed by atoms with van der Waals surface area (Å²) in [5.74, 6) is 0.693. The summed E-state index contributed by atoms with van der Waals surface area (Å²) in [5, 5.41) is 3.44. The monoisotopic (exact) mass is 606 g/mol. The number of nitrogens with zero attached hydrogens (tertiary/aromatic N) is 4. The van der Waals surface area contributed by atoms with E-state index in [1.807, 2.05) is 42.5 Å². The molecule has 0 aliphatic rings. The lowest BCUT2D eigenvalue weighted by Crippen LogP contribution is -1.98. The molecule has 3 heterocycles. The Bertz CT molecular complexity index is 2440. The molecule has 4 nitrogen and oxygen atoms in total. The number of para-hydroxylation sites is 2. The molecule has 0 unspecified atom stereocenters. The predicted molar refractivity (Wildman–Crippen MR) is 191 cm³/mol. The van der Waals surface area contributed by atoms with Crippen LogP contribution in [0, 0.1) is 0 Å². The van der Waals surface area contributed by atoms with Crippen LogP contribution in [-0.2, 0) is 0 Å². The van der Waals surface area contributed by atoms with E-state index in [0.717, 1.165) is 60.9 Å². The fourth-order valence-electron chi connectivity index (χ4n) is 6.25. The van der Waals surface area contributed by atoms with E-state index in [4.69, 9.17) is 15.0 Å². The SMILES string of the molecule is c1ccc(-c2cc(-c3ccccc3)nc(-c3cccc(-n4c5ccccc5c5ccc(-c6nc7ccccc7s6)cc54)c3)n2)cc1. The van der Waals surface area contributed by atoms with Crippen LogP contribution in [0.3, 0.4) is 0 Å². The molecule has 0 radical (unpaired) electrons. The van der Waals surface area contributed by atoms with E-state index in [0.29, 0.717) is 5.82 Å². The molecule has 9 rings (SSSR count). The minimum atomic E-state index is 0.693. The molecule has 0 saturated heterocycles. The number of hydrogen-bond donors (Lipinski definition) is 0. The van der Waals surface area contributed by atoms with Crippen molar-refractivity contribution in [3.05, 3.63) is 158 Å². The molecular weight excluding hydrogens is 581 g/mol. The summed E-state index contributed by atoms with van der Waals surface area (Å²) in [7, 11) is 0. The first-order valence-corrected chi connectivity index (χ1v) is 16.1. The van der Waals surface area contributed by atoms with Crippen LogP contribution < -0.4 is 0 Å². The van der Waals surface area contributed by atoms with E-state index in [1.165, 1.54) is 15.5 Å². The number of fused-ring (bicyclic) bond motifs is 4. The highest BCUT2D eigenvalue weighted by atomic mass is 32.1. The summed E-state index contributed by atoms with van der Waals surface area (Å²) in [4.78, 5) is 15.1. The van der Waals surface area contributed by atoms with Crippen molar-refractivity contribution in [2.45, 2.75) is 0 Å². The third kappa shape index (κ3) is 4.57. The van der Waals surface area contributed by atoms with E-state index >= 15 is 0 Å². The van der Waals surface area contributed by atoms with E-state index in [9.17, 15) is 0 Å². The van der Waals surface area contributed by atoms with Gasteiger partial charge in [0, 0.05) is 38.7 Å². The maximum atomic E-state index is 5.09. The molecule has 0 bridgehead atoms. The summed E-state index contributed by atoms with van der Waals surface area (Å²) in [6, 6.07) is 54.9. The average Bonchev–Trinajstić information content (AvgIpc) is 3.72. The van der Waals surface area contributed by atoms with Gasteiger partial charge in [0.2, 0.25) is 0 Å².